The van der Waals surface area contributed by atoms with E-state index in [1.165, 1.54) is 78.9 Å². The van der Waals surface area contributed by atoms with E-state index in [9.17, 15) is 81.7 Å². The fourth-order valence-electron chi connectivity index (χ4n) is 6.15. The summed E-state index contributed by atoms with van der Waals surface area (Å²) in [6.45, 7) is 3.44. The van der Waals surface area contributed by atoms with Crippen LogP contribution in [0.4, 0.5) is 60.5 Å². The summed E-state index contributed by atoms with van der Waals surface area (Å²) in [5.74, 6) is -3.91. The normalized spacial score (nSPS) is 9.74. The third-order valence-corrected chi connectivity index (χ3v) is 11.4. The second kappa shape index (κ2) is 34.8. The molecule has 0 bridgehead atoms. The Labute approximate surface area is 500 Å². The lowest BCUT2D eigenvalue weighted by molar-refractivity contribution is -0.387. The molecule has 0 aliphatic rings. The summed E-state index contributed by atoms with van der Waals surface area (Å²) < 4.78 is 113. The lowest BCUT2D eigenvalue weighted by Crippen LogP contribution is -1.97. The molecule has 0 saturated carbocycles. The molecular formula is C51H42Br2F6N8O20. The van der Waals surface area contributed by atoms with Crippen molar-refractivity contribution in [1.29, 1.82) is 0 Å². The number of rotatable bonds is 14. The van der Waals surface area contributed by atoms with Gasteiger partial charge in [0.2, 0.25) is 29.1 Å². The van der Waals surface area contributed by atoms with E-state index in [1.54, 1.807) is 0 Å². The number of nitrogens with two attached hydrogens (primary N) is 1. The van der Waals surface area contributed by atoms with E-state index >= 15 is 0 Å². The van der Waals surface area contributed by atoms with Crippen molar-refractivity contribution in [1.82, 2.24) is 9.97 Å². The minimum absolute atomic E-state index is 0.0203. The molecule has 0 aliphatic heterocycles. The van der Waals surface area contributed by atoms with E-state index in [2.05, 4.69) is 53.1 Å². The molecule has 87 heavy (non-hydrogen) atoms. The number of nitro benzene ring substituents is 5. The predicted molar refractivity (Wildman–Crippen MR) is 301 cm³/mol. The van der Waals surface area contributed by atoms with Crippen molar-refractivity contribution in [3.8, 4) is 57.1 Å². The number of ether oxygens (including phenoxy) is 5. The summed E-state index contributed by atoms with van der Waals surface area (Å²) in [6, 6.07) is 12.0. The molecular weight excluding hydrogens is 1320 g/mol. The molecule has 4 N–H and O–H groups in total. The third-order valence-electron chi connectivity index (χ3n) is 10.1. The van der Waals surface area contributed by atoms with Gasteiger partial charge in [0.05, 0.1) is 134 Å². The van der Waals surface area contributed by atoms with Crippen LogP contribution in [-0.2, 0) is 0 Å². The fourth-order valence-corrected chi connectivity index (χ4v) is 6.95. The highest BCUT2D eigenvalue weighted by molar-refractivity contribution is 9.11. The largest absolute Gasteiger partial charge is 0.507 e. The number of oxazole rings is 2. The van der Waals surface area contributed by atoms with Gasteiger partial charge in [-0.05, 0) is 68.3 Å². The van der Waals surface area contributed by atoms with Gasteiger partial charge in [-0.3, -0.25) is 55.4 Å². The molecule has 0 atom stereocenters. The number of aliphatic hydroxyl groups is 1. The van der Waals surface area contributed by atoms with E-state index in [4.69, 9.17) is 43.7 Å². The minimum atomic E-state index is -1.06. The molecule has 0 unspecified atom stereocenters. The number of methoxy groups -OCH3 is 5. The molecule has 0 fully saturated rings. The molecule has 2 aromatic heterocycles. The molecule has 0 radical (unpaired) electrons. The molecule has 0 amide bonds. The molecule has 0 saturated heterocycles. The predicted octanol–water partition coefficient (Wildman–Crippen LogP) is 12.7. The molecule has 0 spiro atoms. The lowest BCUT2D eigenvalue weighted by atomic mass is 10.1. The highest BCUT2D eigenvalue weighted by Crippen LogP contribution is 2.37. The quantitative estimate of drug-likeness (QED) is 0.0299. The minimum Gasteiger partial charge on any atom is -0.507 e. The van der Waals surface area contributed by atoms with Crippen LogP contribution in [0.1, 0.15) is 15.9 Å². The van der Waals surface area contributed by atoms with Gasteiger partial charge in [-0.15, -0.1) is 0 Å². The molecule has 6 aromatic carbocycles. The van der Waals surface area contributed by atoms with Crippen LogP contribution in [0, 0.1) is 85.5 Å². The SMILES string of the molecule is C=Cc1cc(F)c([N+](=O)[O-])cc1OC.CO.COc1cc(N)c(F)cc1-c1cnco1.COc1cc([N+](=O)[O-])c(F)cc1-c1cnco1.COc1cc([N+](=O)[O-])c(F)cc1Br.COc1cc([N+](=O)[O-])c(F)cc1C=O.O=[N+]([O-])c1cc(O)c(Br)cc1F. The summed E-state index contributed by atoms with van der Waals surface area (Å²) in [6.07, 6.45) is 7.02. The Kier molecular flexibility index (Phi) is 28.9. The second-order valence-corrected chi connectivity index (χ2v) is 16.9. The first kappa shape index (κ1) is 72.4. The number of aromatic nitrogens is 2. The van der Waals surface area contributed by atoms with Gasteiger partial charge in [0.15, 0.2) is 30.6 Å². The number of hydrogen-bond donors (Lipinski definition) is 3. The maximum absolute atomic E-state index is 13.4. The summed E-state index contributed by atoms with van der Waals surface area (Å²) >= 11 is 5.82. The van der Waals surface area contributed by atoms with Crippen LogP contribution >= 0.6 is 31.9 Å². The van der Waals surface area contributed by atoms with E-state index in [0.29, 0.717) is 33.4 Å². The first-order valence-corrected chi connectivity index (χ1v) is 24.2. The van der Waals surface area contributed by atoms with E-state index in [1.807, 2.05) is 0 Å². The van der Waals surface area contributed by atoms with Gasteiger partial charge < -0.3 is 48.5 Å². The molecule has 462 valence electrons. The van der Waals surface area contributed by atoms with Crippen molar-refractivity contribution in [2.24, 2.45) is 0 Å². The van der Waals surface area contributed by atoms with Crippen LogP contribution in [0.5, 0.6) is 34.5 Å². The van der Waals surface area contributed by atoms with Crippen molar-refractivity contribution >= 4 is 78.3 Å². The zero-order valence-electron chi connectivity index (χ0n) is 45.1. The van der Waals surface area contributed by atoms with Crippen LogP contribution in [0.3, 0.4) is 0 Å². The zero-order valence-corrected chi connectivity index (χ0v) is 48.2. The number of aromatic hydroxyl groups is 1. The lowest BCUT2D eigenvalue weighted by Gasteiger charge is -2.07. The molecule has 36 heteroatoms. The first-order chi connectivity index (χ1) is 41.1. The number of nitrogens with zero attached hydrogens (tertiary/aromatic N) is 7. The number of carbonyl (C=O) groups is 1. The second-order valence-electron chi connectivity index (χ2n) is 15.2. The number of anilines is 1. The van der Waals surface area contributed by atoms with Crippen molar-refractivity contribution in [2.45, 2.75) is 0 Å². The number of aliphatic hydroxyl groups excluding tert-OH is 1. The number of aldehydes is 1. The van der Waals surface area contributed by atoms with Gasteiger partial charge >= 0.3 is 28.4 Å². The van der Waals surface area contributed by atoms with Gasteiger partial charge in [0.25, 0.3) is 0 Å². The molecule has 0 aliphatic carbocycles. The smallest absolute Gasteiger partial charge is 0.308 e. The van der Waals surface area contributed by atoms with E-state index in [0.717, 1.165) is 67.8 Å². The number of benzene rings is 6. The summed E-state index contributed by atoms with van der Waals surface area (Å²) in [7, 11) is 7.75. The number of phenols is 1. The molecule has 8 rings (SSSR count). The summed E-state index contributed by atoms with van der Waals surface area (Å²) in [4.78, 5) is 65.3. The maximum Gasteiger partial charge on any atom is 0.308 e. The Bertz CT molecular complexity index is 3670. The van der Waals surface area contributed by atoms with Gasteiger partial charge in [-0.2, -0.15) is 22.0 Å². The van der Waals surface area contributed by atoms with E-state index in [-0.39, 0.29) is 55.8 Å². The average Bonchev–Trinajstić information content (AvgIpc) is 3.54. The Hall–Kier alpha value is -10.8. The average molecular weight is 1360 g/mol. The number of nitrogen functional groups attached to an aromatic ring is 1. The first-order valence-electron chi connectivity index (χ1n) is 22.6. The van der Waals surface area contributed by atoms with Crippen molar-refractivity contribution < 1.29 is 98.5 Å². The van der Waals surface area contributed by atoms with Crippen molar-refractivity contribution in [3.05, 3.63) is 210 Å². The maximum atomic E-state index is 13.4. The number of nitro groups is 5. The standard InChI is InChI=1S/C10H7FN2O4.C10H9FN2O2.C9H8FNO3.C8H6FNO4.C7H5BrFNO3.C6H3BrFNO3.CH4O/c1-16-9-3-8(13(14)15)7(11)2-6(9)10-4-12-5-17-10;1-14-9-3-8(12)7(11)2-6(9)10-4-13-5-15-10;1-3-6-4-7(10)8(11(12)13)5-9(6)14-2;1-14-8-3-7(10(12)13)6(9)2-5(8)4-11;1-13-7-3-6(10(11)12)5(9)2-4(7)8;7-3-1-4(8)5(9(11)12)2-6(3)10;1-2/h2-5H,1H3;2-5H,12H2,1H3;3-5H,1H2,2H3;2-4H,1H3;2-3H,1H3;1-2,10H;2H,1H3. The number of carbonyl (C=O) groups excluding carboxylic acids is 1. The van der Waals surface area contributed by atoms with Gasteiger partial charge in [-0.1, -0.05) is 12.7 Å². The topological polar surface area (TPSA) is 397 Å². The van der Waals surface area contributed by atoms with Crippen LogP contribution in [0.15, 0.2) is 122 Å². The number of halogens is 8. The highest BCUT2D eigenvalue weighted by Gasteiger charge is 2.23. The summed E-state index contributed by atoms with van der Waals surface area (Å²) in [5.41, 5.74) is 3.23. The monoisotopic (exact) mass is 1360 g/mol. The van der Waals surface area contributed by atoms with E-state index < -0.39 is 88.0 Å². The van der Waals surface area contributed by atoms with Crippen LogP contribution in [0.2, 0.25) is 0 Å². The van der Waals surface area contributed by atoms with Crippen LogP contribution in [-0.4, -0.2) is 93.7 Å². The summed E-state index contributed by atoms with van der Waals surface area (Å²) in [5, 5.41) is 67.6. The van der Waals surface area contributed by atoms with Gasteiger partial charge in [-0.25, -0.2) is 14.4 Å². The Morgan fingerprint density at radius 2 is 0.816 bits per heavy atom. The molecule has 2 heterocycles. The van der Waals surface area contributed by atoms with Gasteiger partial charge in [0, 0.05) is 18.7 Å². The molecule has 8 aromatic rings. The van der Waals surface area contributed by atoms with Gasteiger partial charge in [0.1, 0.15) is 40.3 Å². The zero-order chi connectivity index (χ0) is 66.0. The Morgan fingerprint density at radius 1 is 0.494 bits per heavy atom. The number of hydrogen-bond acceptors (Lipinski definition) is 23. The highest BCUT2D eigenvalue weighted by atomic mass is 79.9. The Balaban J connectivity index is 0.000000355. The molecule has 28 nitrogen and oxygen atoms in total. The van der Waals surface area contributed by atoms with Crippen molar-refractivity contribution in [3.63, 3.8) is 0 Å². The number of phenolic OH excluding ortho intramolecular Hbond substituents is 1. The third kappa shape index (κ3) is 20.2. The van der Waals surface area contributed by atoms with Crippen LogP contribution in [0.25, 0.3) is 28.7 Å². The Morgan fingerprint density at radius 3 is 1.18 bits per heavy atom. The van der Waals surface area contributed by atoms with Crippen LogP contribution < -0.4 is 29.4 Å². The fraction of sp³-hybridized carbons (Fsp3) is 0.118. The van der Waals surface area contributed by atoms with Crippen molar-refractivity contribution in [2.75, 3.05) is 48.4 Å².